The first-order valence-electron chi connectivity index (χ1n) is 2.33. The summed E-state index contributed by atoms with van der Waals surface area (Å²) in [7, 11) is 0. The van der Waals surface area contributed by atoms with Crippen LogP contribution in [0.1, 0.15) is 20.3 Å². The van der Waals surface area contributed by atoms with E-state index in [1.54, 1.807) is 6.92 Å². The Balaban J connectivity index is 2.41. The molecular weight excluding hydrogens is 76.1 g/mol. The van der Waals surface area contributed by atoms with Crippen LogP contribution in [0.5, 0.6) is 0 Å². The summed E-state index contributed by atoms with van der Waals surface area (Å²) in [5.41, 5.74) is -0.542. The molecule has 0 aromatic heterocycles. The predicted octanol–water partition coefficient (Wildman–Crippen LogP) is 1.22. The molecule has 1 saturated carbocycles. The summed E-state index contributed by atoms with van der Waals surface area (Å²) in [6.07, 6.45) is 0.882. The monoisotopic (exact) mass is 85.1 g/mol. The van der Waals surface area contributed by atoms with Gasteiger partial charge in [-0.2, -0.15) is 0 Å². The molecule has 0 saturated heterocycles. The minimum atomic E-state index is -0.542. The zero-order chi connectivity index (χ0) is 4.78. The lowest BCUT2D eigenvalue weighted by Gasteiger charge is -1.87. The van der Waals surface area contributed by atoms with Crippen molar-refractivity contribution in [3.8, 4) is 0 Å². The minimum absolute atomic E-state index is 0.442. The molecule has 1 aliphatic carbocycles. The summed E-state index contributed by atoms with van der Waals surface area (Å²) in [5, 5.41) is 10.5. The lowest BCUT2D eigenvalue weighted by atomic mass is 10.3. The molecule has 0 aromatic rings. The van der Waals surface area contributed by atoms with Crippen LogP contribution in [0.15, 0.2) is 0 Å². The minimum Gasteiger partial charge on any atom is -0.229 e. The molecule has 1 heteroatoms. The zero-order valence-corrected chi connectivity index (χ0v) is 4.19. The SMILES string of the molecule is C[C@@H]1C[C@@]1(C)[O]. The van der Waals surface area contributed by atoms with E-state index in [2.05, 4.69) is 0 Å². The van der Waals surface area contributed by atoms with Crippen LogP contribution >= 0.6 is 0 Å². The molecule has 0 bridgehead atoms. The molecule has 0 spiro atoms. The summed E-state index contributed by atoms with van der Waals surface area (Å²) in [6, 6.07) is 0. The maximum atomic E-state index is 10.5. The molecule has 0 amide bonds. The van der Waals surface area contributed by atoms with Crippen LogP contribution in [-0.2, 0) is 5.11 Å². The van der Waals surface area contributed by atoms with Gasteiger partial charge in [0.25, 0.3) is 0 Å². The van der Waals surface area contributed by atoms with E-state index in [0.29, 0.717) is 5.92 Å². The highest BCUT2D eigenvalue weighted by Gasteiger charge is 2.46. The highest BCUT2D eigenvalue weighted by Crippen LogP contribution is 2.42. The molecule has 0 unspecified atom stereocenters. The molecule has 2 atom stereocenters. The van der Waals surface area contributed by atoms with Gasteiger partial charge in [0, 0.05) is 0 Å². The molecule has 0 aliphatic heterocycles. The van der Waals surface area contributed by atoms with Gasteiger partial charge in [-0.25, -0.2) is 5.11 Å². The van der Waals surface area contributed by atoms with Gasteiger partial charge in [0.2, 0.25) is 0 Å². The van der Waals surface area contributed by atoms with Crippen molar-refractivity contribution in [2.75, 3.05) is 0 Å². The Bertz CT molecular complexity index is 66.3. The van der Waals surface area contributed by atoms with Crippen LogP contribution in [0.25, 0.3) is 0 Å². The lowest BCUT2D eigenvalue weighted by molar-refractivity contribution is 0.0688. The second kappa shape index (κ2) is 0.784. The Hall–Kier alpha value is -0.0400. The van der Waals surface area contributed by atoms with Crippen molar-refractivity contribution >= 4 is 0 Å². The van der Waals surface area contributed by atoms with E-state index in [9.17, 15) is 5.11 Å². The van der Waals surface area contributed by atoms with Gasteiger partial charge < -0.3 is 0 Å². The van der Waals surface area contributed by atoms with Gasteiger partial charge in [-0.3, -0.25) is 0 Å². The third kappa shape index (κ3) is 0.432. The summed E-state index contributed by atoms with van der Waals surface area (Å²) < 4.78 is 0. The topological polar surface area (TPSA) is 19.9 Å². The Morgan fingerprint density at radius 2 is 2.00 bits per heavy atom. The molecule has 1 radical (unpaired) electrons. The molecular formula is C5H9O. The number of rotatable bonds is 0. The third-order valence-corrected chi connectivity index (χ3v) is 1.59. The standard InChI is InChI=1S/C5H9O/c1-4-3-5(4,2)6/h4H,3H2,1-2H3/t4-,5-/m1/s1. The van der Waals surface area contributed by atoms with Gasteiger partial charge in [-0.1, -0.05) is 6.92 Å². The van der Waals surface area contributed by atoms with Gasteiger partial charge in [-0.15, -0.1) is 0 Å². The Morgan fingerprint density at radius 1 is 1.83 bits per heavy atom. The first kappa shape index (κ1) is 4.13. The van der Waals surface area contributed by atoms with Crippen molar-refractivity contribution in [2.45, 2.75) is 25.9 Å². The molecule has 1 nitrogen and oxygen atoms in total. The molecule has 0 N–H and O–H groups in total. The molecule has 6 heavy (non-hydrogen) atoms. The van der Waals surface area contributed by atoms with Crippen molar-refractivity contribution in [3.05, 3.63) is 0 Å². The molecule has 1 rings (SSSR count). The van der Waals surface area contributed by atoms with Crippen LogP contribution in [0.4, 0.5) is 0 Å². The van der Waals surface area contributed by atoms with Crippen molar-refractivity contribution in [2.24, 2.45) is 5.92 Å². The second-order valence-electron chi connectivity index (χ2n) is 2.42. The van der Waals surface area contributed by atoms with E-state index in [0.717, 1.165) is 6.42 Å². The van der Waals surface area contributed by atoms with E-state index in [1.165, 1.54) is 0 Å². The maximum absolute atomic E-state index is 10.5. The van der Waals surface area contributed by atoms with Crippen LogP contribution in [0, 0.1) is 5.92 Å². The quantitative estimate of drug-likeness (QED) is 0.421. The van der Waals surface area contributed by atoms with E-state index in [4.69, 9.17) is 0 Å². The normalized spacial score (nSPS) is 55.5. The lowest BCUT2D eigenvalue weighted by Crippen LogP contribution is -1.97. The van der Waals surface area contributed by atoms with E-state index in [1.807, 2.05) is 6.92 Å². The average Bonchev–Trinajstić information content (AvgIpc) is 1.73. The molecule has 0 aromatic carbocycles. The van der Waals surface area contributed by atoms with Gasteiger partial charge in [-0.05, 0) is 19.3 Å². The Morgan fingerprint density at radius 3 is 2.00 bits per heavy atom. The number of hydrogen-bond donors (Lipinski definition) is 0. The first-order chi connectivity index (χ1) is 2.63. The fraction of sp³-hybridized carbons (Fsp3) is 1.00. The van der Waals surface area contributed by atoms with E-state index >= 15 is 0 Å². The van der Waals surface area contributed by atoms with Crippen LogP contribution in [0.3, 0.4) is 0 Å². The van der Waals surface area contributed by atoms with Gasteiger partial charge in [0.1, 0.15) is 5.60 Å². The maximum Gasteiger partial charge on any atom is 0.104 e. The molecule has 1 aliphatic rings. The third-order valence-electron chi connectivity index (χ3n) is 1.59. The summed E-state index contributed by atoms with van der Waals surface area (Å²) >= 11 is 0. The van der Waals surface area contributed by atoms with Gasteiger partial charge in [0.05, 0.1) is 0 Å². The fourth-order valence-electron chi connectivity index (χ4n) is 0.549. The van der Waals surface area contributed by atoms with Gasteiger partial charge in [0.15, 0.2) is 0 Å². The van der Waals surface area contributed by atoms with Crippen LogP contribution < -0.4 is 0 Å². The summed E-state index contributed by atoms with van der Waals surface area (Å²) in [5.74, 6) is 0.442. The van der Waals surface area contributed by atoms with Crippen molar-refractivity contribution < 1.29 is 5.11 Å². The van der Waals surface area contributed by atoms with Crippen molar-refractivity contribution in [1.82, 2.24) is 0 Å². The summed E-state index contributed by atoms with van der Waals surface area (Å²) in [4.78, 5) is 0. The predicted molar refractivity (Wildman–Crippen MR) is 22.9 cm³/mol. The average molecular weight is 85.1 g/mol. The smallest absolute Gasteiger partial charge is 0.104 e. The molecule has 35 valence electrons. The van der Waals surface area contributed by atoms with E-state index in [-0.39, 0.29) is 0 Å². The largest absolute Gasteiger partial charge is 0.229 e. The van der Waals surface area contributed by atoms with Crippen molar-refractivity contribution in [1.29, 1.82) is 0 Å². The van der Waals surface area contributed by atoms with Crippen LogP contribution in [-0.4, -0.2) is 5.60 Å². The van der Waals surface area contributed by atoms with Gasteiger partial charge >= 0.3 is 0 Å². The van der Waals surface area contributed by atoms with E-state index < -0.39 is 5.60 Å². The zero-order valence-electron chi connectivity index (χ0n) is 4.19. The first-order valence-corrected chi connectivity index (χ1v) is 2.33. The van der Waals surface area contributed by atoms with Crippen LogP contribution in [0.2, 0.25) is 0 Å². The Kier molecular flexibility index (Phi) is 0.539. The highest BCUT2D eigenvalue weighted by atomic mass is 16.3. The molecule has 0 heterocycles. The number of hydrogen-bond acceptors (Lipinski definition) is 0. The Labute approximate surface area is 38.0 Å². The molecule has 1 fully saturated rings. The second-order valence-corrected chi connectivity index (χ2v) is 2.42. The van der Waals surface area contributed by atoms with Crippen molar-refractivity contribution in [3.63, 3.8) is 0 Å². The fourth-order valence-corrected chi connectivity index (χ4v) is 0.549. The summed E-state index contributed by atoms with van der Waals surface area (Å²) in [6.45, 7) is 3.75. The highest BCUT2D eigenvalue weighted by molar-refractivity contribution is 4.95.